The van der Waals surface area contributed by atoms with E-state index in [1.165, 1.54) is 18.4 Å². The van der Waals surface area contributed by atoms with Crippen LogP contribution in [0.5, 0.6) is 5.75 Å². The van der Waals surface area contributed by atoms with Gasteiger partial charge < -0.3 is 10.5 Å². The summed E-state index contributed by atoms with van der Waals surface area (Å²) in [6.45, 7) is 7.37. The number of nitrogens with two attached hydrogens (primary N) is 1. The molecule has 2 N–H and O–H groups in total. The van der Waals surface area contributed by atoms with Crippen molar-refractivity contribution in [3.8, 4) is 5.75 Å². The minimum Gasteiger partial charge on any atom is -0.493 e. The van der Waals surface area contributed by atoms with Crippen molar-refractivity contribution < 1.29 is 4.74 Å². The smallest absolute Gasteiger partial charge is 0.122 e. The van der Waals surface area contributed by atoms with Gasteiger partial charge >= 0.3 is 0 Å². The van der Waals surface area contributed by atoms with Gasteiger partial charge in [0.1, 0.15) is 5.75 Å². The minimum atomic E-state index is 0.225. The Morgan fingerprint density at radius 1 is 1.06 bits per heavy atom. The number of benzene rings is 1. The molecule has 1 aromatic rings. The van der Waals surface area contributed by atoms with E-state index < -0.39 is 0 Å². The Hall–Kier alpha value is -1.02. The van der Waals surface area contributed by atoms with Crippen LogP contribution in [0.1, 0.15) is 45.6 Å². The van der Waals surface area contributed by atoms with Gasteiger partial charge in [-0.15, -0.1) is 0 Å². The highest BCUT2D eigenvalue weighted by atomic mass is 16.5. The van der Waals surface area contributed by atoms with E-state index in [1.54, 1.807) is 0 Å². The molecule has 0 fully saturated rings. The SMILES string of the molecule is CCC(N)Cc1ccccc1OCC(CC)CC. The number of hydrogen-bond acceptors (Lipinski definition) is 2. The lowest BCUT2D eigenvalue weighted by Crippen LogP contribution is -2.22. The molecule has 1 atom stereocenters. The van der Waals surface area contributed by atoms with Crippen LogP contribution in [0.2, 0.25) is 0 Å². The summed E-state index contributed by atoms with van der Waals surface area (Å²) < 4.78 is 5.97. The molecule has 0 bridgehead atoms. The summed E-state index contributed by atoms with van der Waals surface area (Å²) >= 11 is 0. The van der Waals surface area contributed by atoms with Crippen LogP contribution in [-0.4, -0.2) is 12.6 Å². The van der Waals surface area contributed by atoms with Crippen LogP contribution in [0, 0.1) is 5.92 Å². The van der Waals surface area contributed by atoms with Gasteiger partial charge in [-0.25, -0.2) is 0 Å². The van der Waals surface area contributed by atoms with Crippen molar-refractivity contribution >= 4 is 0 Å². The lowest BCUT2D eigenvalue weighted by molar-refractivity contribution is 0.238. The Morgan fingerprint density at radius 3 is 2.33 bits per heavy atom. The zero-order valence-corrected chi connectivity index (χ0v) is 12.0. The molecule has 0 aliphatic rings. The molecule has 0 heterocycles. The number of hydrogen-bond donors (Lipinski definition) is 1. The fourth-order valence-corrected chi connectivity index (χ4v) is 1.97. The number of rotatable bonds is 8. The zero-order chi connectivity index (χ0) is 13.4. The summed E-state index contributed by atoms with van der Waals surface area (Å²) in [7, 11) is 0. The number of ether oxygens (including phenoxy) is 1. The second-order valence-corrected chi connectivity index (χ2v) is 4.97. The molecule has 0 aliphatic heterocycles. The van der Waals surface area contributed by atoms with Crippen molar-refractivity contribution in [2.24, 2.45) is 11.7 Å². The van der Waals surface area contributed by atoms with Crippen LogP contribution in [0.25, 0.3) is 0 Å². The summed E-state index contributed by atoms with van der Waals surface area (Å²) in [5.41, 5.74) is 7.26. The molecule has 0 saturated carbocycles. The van der Waals surface area contributed by atoms with Gasteiger partial charge in [-0.1, -0.05) is 51.8 Å². The highest BCUT2D eigenvalue weighted by Crippen LogP contribution is 2.21. The van der Waals surface area contributed by atoms with Crippen molar-refractivity contribution in [1.29, 1.82) is 0 Å². The largest absolute Gasteiger partial charge is 0.493 e. The second kappa shape index (κ2) is 8.15. The molecule has 102 valence electrons. The molecule has 0 amide bonds. The molecule has 0 spiro atoms. The summed E-state index contributed by atoms with van der Waals surface area (Å²) in [6, 6.07) is 8.49. The average molecular weight is 249 g/mol. The lowest BCUT2D eigenvalue weighted by atomic mass is 10.0. The van der Waals surface area contributed by atoms with E-state index in [0.29, 0.717) is 5.92 Å². The fourth-order valence-electron chi connectivity index (χ4n) is 1.97. The van der Waals surface area contributed by atoms with Gasteiger partial charge in [-0.05, 0) is 30.4 Å². The predicted molar refractivity (Wildman–Crippen MR) is 78.0 cm³/mol. The predicted octanol–water partition coefficient (Wildman–Crippen LogP) is 3.78. The van der Waals surface area contributed by atoms with E-state index in [1.807, 2.05) is 6.07 Å². The summed E-state index contributed by atoms with van der Waals surface area (Å²) in [5, 5.41) is 0. The first-order chi connectivity index (χ1) is 8.71. The van der Waals surface area contributed by atoms with Gasteiger partial charge in [0.15, 0.2) is 0 Å². The van der Waals surface area contributed by atoms with E-state index >= 15 is 0 Å². The molecular formula is C16H27NO. The van der Waals surface area contributed by atoms with Crippen molar-refractivity contribution in [3.05, 3.63) is 29.8 Å². The zero-order valence-electron chi connectivity index (χ0n) is 12.0. The van der Waals surface area contributed by atoms with Crippen LogP contribution < -0.4 is 10.5 Å². The minimum absolute atomic E-state index is 0.225. The summed E-state index contributed by atoms with van der Waals surface area (Å²) in [4.78, 5) is 0. The number of para-hydroxylation sites is 1. The third-order valence-corrected chi connectivity index (χ3v) is 3.61. The van der Waals surface area contributed by atoms with Crippen molar-refractivity contribution in [2.45, 2.75) is 52.5 Å². The third kappa shape index (κ3) is 4.69. The first-order valence-corrected chi connectivity index (χ1v) is 7.17. The first-order valence-electron chi connectivity index (χ1n) is 7.17. The van der Waals surface area contributed by atoms with Gasteiger partial charge in [0.25, 0.3) is 0 Å². The molecule has 0 saturated heterocycles. The van der Waals surface area contributed by atoms with Gasteiger partial charge in [0, 0.05) is 6.04 Å². The van der Waals surface area contributed by atoms with Crippen LogP contribution in [0.3, 0.4) is 0 Å². The molecule has 1 aromatic carbocycles. The van der Waals surface area contributed by atoms with Crippen LogP contribution >= 0.6 is 0 Å². The molecule has 18 heavy (non-hydrogen) atoms. The Morgan fingerprint density at radius 2 is 1.72 bits per heavy atom. The molecular weight excluding hydrogens is 222 g/mol. The fraction of sp³-hybridized carbons (Fsp3) is 0.625. The van der Waals surface area contributed by atoms with Crippen molar-refractivity contribution in [2.75, 3.05) is 6.61 Å². The van der Waals surface area contributed by atoms with Gasteiger partial charge in [0.05, 0.1) is 6.61 Å². The lowest BCUT2D eigenvalue weighted by Gasteiger charge is -2.17. The molecule has 0 radical (unpaired) electrons. The van der Waals surface area contributed by atoms with Gasteiger partial charge in [0.2, 0.25) is 0 Å². The standard InChI is InChI=1S/C16H27NO/c1-4-13(5-2)12-18-16-10-8-7-9-14(16)11-15(17)6-3/h7-10,13,15H,4-6,11-12,17H2,1-3H3. The maximum atomic E-state index is 6.03. The van der Waals surface area contributed by atoms with Gasteiger partial charge in [-0.2, -0.15) is 0 Å². The molecule has 2 heteroatoms. The van der Waals surface area contributed by atoms with E-state index in [2.05, 4.69) is 39.0 Å². The second-order valence-electron chi connectivity index (χ2n) is 4.97. The van der Waals surface area contributed by atoms with E-state index in [0.717, 1.165) is 25.2 Å². The quantitative estimate of drug-likeness (QED) is 0.761. The van der Waals surface area contributed by atoms with Crippen LogP contribution in [0.4, 0.5) is 0 Å². The Bertz CT molecular complexity index is 334. The maximum absolute atomic E-state index is 6.03. The topological polar surface area (TPSA) is 35.2 Å². The summed E-state index contributed by atoms with van der Waals surface area (Å²) in [6.07, 6.45) is 4.25. The van der Waals surface area contributed by atoms with Crippen LogP contribution in [0.15, 0.2) is 24.3 Å². The molecule has 0 aliphatic carbocycles. The average Bonchev–Trinajstić information content (AvgIpc) is 2.41. The monoisotopic (exact) mass is 249 g/mol. The third-order valence-electron chi connectivity index (χ3n) is 3.61. The summed E-state index contributed by atoms with van der Waals surface area (Å²) in [5.74, 6) is 1.66. The Labute approximate surface area is 112 Å². The highest BCUT2D eigenvalue weighted by molar-refractivity contribution is 5.33. The molecule has 2 nitrogen and oxygen atoms in total. The maximum Gasteiger partial charge on any atom is 0.122 e. The normalized spacial score (nSPS) is 12.7. The highest BCUT2D eigenvalue weighted by Gasteiger charge is 2.09. The van der Waals surface area contributed by atoms with E-state index in [4.69, 9.17) is 10.5 Å². The molecule has 1 unspecified atom stereocenters. The molecule has 1 rings (SSSR count). The van der Waals surface area contributed by atoms with Crippen molar-refractivity contribution in [3.63, 3.8) is 0 Å². The van der Waals surface area contributed by atoms with E-state index in [-0.39, 0.29) is 6.04 Å². The van der Waals surface area contributed by atoms with Crippen LogP contribution in [-0.2, 0) is 6.42 Å². The Balaban J connectivity index is 2.64. The van der Waals surface area contributed by atoms with Crippen molar-refractivity contribution in [1.82, 2.24) is 0 Å². The molecule has 0 aromatic heterocycles. The van der Waals surface area contributed by atoms with E-state index in [9.17, 15) is 0 Å². The first kappa shape index (κ1) is 15.0. The van der Waals surface area contributed by atoms with Gasteiger partial charge in [-0.3, -0.25) is 0 Å². The Kier molecular flexibility index (Phi) is 6.81.